The van der Waals surface area contributed by atoms with Crippen LogP contribution in [0.2, 0.25) is 0 Å². The Kier molecular flexibility index (Phi) is 6.54. The molecular weight excluding hydrogens is 280 g/mol. The second-order valence-corrected chi connectivity index (χ2v) is 5.48. The van der Waals surface area contributed by atoms with Gasteiger partial charge in [-0.3, -0.25) is 0 Å². The molecule has 0 saturated heterocycles. The fraction of sp³-hybridized carbons (Fsp3) is 0.500. The van der Waals surface area contributed by atoms with Gasteiger partial charge in [-0.05, 0) is 25.0 Å². The first kappa shape index (κ1) is 16.1. The van der Waals surface area contributed by atoms with Crippen molar-refractivity contribution in [3.63, 3.8) is 0 Å². The molecule has 1 aliphatic carbocycles. The second-order valence-electron chi connectivity index (χ2n) is 5.48. The Morgan fingerprint density at radius 1 is 0.909 bits per heavy atom. The van der Waals surface area contributed by atoms with Gasteiger partial charge in [-0.2, -0.15) is 0 Å². The molecule has 6 heteroatoms. The lowest BCUT2D eigenvalue weighted by molar-refractivity contribution is 0.232. The fourth-order valence-electron chi connectivity index (χ4n) is 2.53. The van der Waals surface area contributed by atoms with E-state index in [1.807, 2.05) is 30.3 Å². The zero-order valence-corrected chi connectivity index (χ0v) is 12.7. The van der Waals surface area contributed by atoms with E-state index < -0.39 is 0 Å². The van der Waals surface area contributed by atoms with Crippen LogP contribution < -0.4 is 21.3 Å². The topological polar surface area (TPSA) is 82.3 Å². The standard InChI is InChI=1S/C16H24N4O2/c21-15(19-13-7-3-1-4-8-13)17-11-12-18-16(22)20-14-9-5-2-6-10-14/h1,3-4,7-8,14H,2,5-6,9-12H2,(H2,17,19,21)(H2,18,20,22). The molecule has 22 heavy (non-hydrogen) atoms. The molecule has 2 rings (SSSR count). The molecule has 4 N–H and O–H groups in total. The molecule has 0 heterocycles. The van der Waals surface area contributed by atoms with Gasteiger partial charge in [0.05, 0.1) is 0 Å². The molecule has 1 fully saturated rings. The monoisotopic (exact) mass is 304 g/mol. The van der Waals surface area contributed by atoms with Crippen molar-refractivity contribution in [2.24, 2.45) is 0 Å². The largest absolute Gasteiger partial charge is 0.336 e. The van der Waals surface area contributed by atoms with Gasteiger partial charge in [0.2, 0.25) is 0 Å². The number of carbonyl (C=O) groups is 2. The van der Waals surface area contributed by atoms with E-state index in [2.05, 4.69) is 21.3 Å². The van der Waals surface area contributed by atoms with Crippen molar-refractivity contribution in [3.8, 4) is 0 Å². The summed E-state index contributed by atoms with van der Waals surface area (Å²) < 4.78 is 0. The van der Waals surface area contributed by atoms with Gasteiger partial charge in [-0.15, -0.1) is 0 Å². The Labute approximate surface area is 131 Å². The molecule has 4 amide bonds. The number of hydrogen-bond donors (Lipinski definition) is 4. The van der Waals surface area contributed by atoms with Crippen molar-refractivity contribution >= 4 is 17.7 Å². The fourth-order valence-corrected chi connectivity index (χ4v) is 2.53. The molecule has 0 atom stereocenters. The lowest BCUT2D eigenvalue weighted by Crippen LogP contribution is -2.45. The third kappa shape index (κ3) is 6.03. The summed E-state index contributed by atoms with van der Waals surface area (Å²) in [6.45, 7) is 0.789. The predicted octanol–water partition coefficient (Wildman–Crippen LogP) is 2.44. The molecular formula is C16H24N4O2. The lowest BCUT2D eigenvalue weighted by atomic mass is 9.96. The Bertz CT molecular complexity index is 472. The SMILES string of the molecule is O=C(NCCNC(=O)NC1CCCCC1)Nc1ccccc1. The van der Waals surface area contributed by atoms with Gasteiger partial charge in [0.1, 0.15) is 0 Å². The third-order valence-electron chi connectivity index (χ3n) is 3.67. The number of benzene rings is 1. The number of urea groups is 2. The number of nitrogens with one attached hydrogen (secondary N) is 4. The number of amides is 4. The minimum absolute atomic E-state index is 0.155. The van der Waals surface area contributed by atoms with Crippen LogP contribution in [0.3, 0.4) is 0 Å². The normalized spacial score (nSPS) is 14.9. The molecule has 1 aromatic rings. The van der Waals surface area contributed by atoms with Gasteiger partial charge in [-0.25, -0.2) is 9.59 Å². The average Bonchev–Trinajstić information content (AvgIpc) is 2.53. The van der Waals surface area contributed by atoms with Crippen molar-refractivity contribution in [1.29, 1.82) is 0 Å². The highest BCUT2D eigenvalue weighted by molar-refractivity contribution is 5.89. The molecule has 0 unspecified atom stereocenters. The molecule has 0 radical (unpaired) electrons. The molecule has 0 aromatic heterocycles. The number of para-hydroxylation sites is 1. The molecule has 1 aromatic carbocycles. The summed E-state index contributed by atoms with van der Waals surface area (Å²) >= 11 is 0. The van der Waals surface area contributed by atoms with E-state index in [1.165, 1.54) is 19.3 Å². The number of hydrogen-bond acceptors (Lipinski definition) is 2. The van der Waals surface area contributed by atoms with Crippen LogP contribution in [0, 0.1) is 0 Å². The van der Waals surface area contributed by atoms with Crippen molar-refractivity contribution in [2.75, 3.05) is 18.4 Å². The zero-order chi connectivity index (χ0) is 15.6. The Hall–Kier alpha value is -2.24. The van der Waals surface area contributed by atoms with Crippen molar-refractivity contribution in [1.82, 2.24) is 16.0 Å². The maximum atomic E-state index is 11.7. The lowest BCUT2D eigenvalue weighted by Gasteiger charge is -2.22. The molecule has 0 aliphatic heterocycles. The van der Waals surface area contributed by atoms with Crippen LogP contribution in [0.15, 0.2) is 30.3 Å². The average molecular weight is 304 g/mol. The number of anilines is 1. The summed E-state index contributed by atoms with van der Waals surface area (Å²) in [7, 11) is 0. The van der Waals surface area contributed by atoms with E-state index in [9.17, 15) is 9.59 Å². The Morgan fingerprint density at radius 3 is 2.23 bits per heavy atom. The zero-order valence-electron chi connectivity index (χ0n) is 12.7. The molecule has 1 aliphatic rings. The first-order valence-electron chi connectivity index (χ1n) is 7.88. The molecule has 1 saturated carbocycles. The Morgan fingerprint density at radius 2 is 1.55 bits per heavy atom. The van der Waals surface area contributed by atoms with Crippen molar-refractivity contribution in [2.45, 2.75) is 38.1 Å². The highest BCUT2D eigenvalue weighted by atomic mass is 16.2. The highest BCUT2D eigenvalue weighted by Gasteiger charge is 2.15. The van der Waals surface area contributed by atoms with Crippen LogP contribution in [0.4, 0.5) is 15.3 Å². The molecule has 6 nitrogen and oxygen atoms in total. The Balaban J connectivity index is 1.54. The molecule has 0 bridgehead atoms. The maximum Gasteiger partial charge on any atom is 0.319 e. The van der Waals surface area contributed by atoms with Gasteiger partial charge < -0.3 is 21.3 Å². The van der Waals surface area contributed by atoms with Gasteiger partial charge >= 0.3 is 12.1 Å². The van der Waals surface area contributed by atoms with Crippen molar-refractivity contribution < 1.29 is 9.59 Å². The van der Waals surface area contributed by atoms with Crippen LogP contribution in [0.1, 0.15) is 32.1 Å². The maximum absolute atomic E-state index is 11.7. The summed E-state index contributed by atoms with van der Waals surface area (Å²) in [5, 5.41) is 11.1. The van der Waals surface area contributed by atoms with Crippen LogP contribution in [-0.2, 0) is 0 Å². The van der Waals surface area contributed by atoms with E-state index in [4.69, 9.17) is 0 Å². The van der Waals surface area contributed by atoms with Gasteiger partial charge in [0, 0.05) is 24.8 Å². The van der Waals surface area contributed by atoms with Gasteiger partial charge in [0.15, 0.2) is 0 Å². The smallest absolute Gasteiger partial charge is 0.319 e. The van der Waals surface area contributed by atoms with Crippen LogP contribution >= 0.6 is 0 Å². The van der Waals surface area contributed by atoms with E-state index in [0.29, 0.717) is 19.1 Å². The first-order chi connectivity index (χ1) is 10.7. The van der Waals surface area contributed by atoms with E-state index >= 15 is 0 Å². The van der Waals surface area contributed by atoms with Gasteiger partial charge in [-0.1, -0.05) is 37.5 Å². The predicted molar refractivity (Wildman–Crippen MR) is 86.9 cm³/mol. The minimum atomic E-state index is -0.277. The van der Waals surface area contributed by atoms with Crippen LogP contribution in [0.25, 0.3) is 0 Å². The summed E-state index contributed by atoms with van der Waals surface area (Å²) in [5.41, 5.74) is 0.739. The highest BCUT2D eigenvalue weighted by Crippen LogP contribution is 2.17. The van der Waals surface area contributed by atoms with E-state index in [0.717, 1.165) is 18.5 Å². The first-order valence-corrected chi connectivity index (χ1v) is 7.88. The third-order valence-corrected chi connectivity index (χ3v) is 3.67. The summed E-state index contributed by atoms with van der Waals surface area (Å²) in [6, 6.07) is 9.09. The molecule has 0 spiro atoms. The van der Waals surface area contributed by atoms with Crippen LogP contribution in [0.5, 0.6) is 0 Å². The second kappa shape index (κ2) is 8.92. The van der Waals surface area contributed by atoms with Gasteiger partial charge in [0.25, 0.3) is 0 Å². The van der Waals surface area contributed by atoms with Crippen LogP contribution in [-0.4, -0.2) is 31.2 Å². The summed E-state index contributed by atoms with van der Waals surface area (Å²) in [5.74, 6) is 0. The number of carbonyl (C=O) groups excluding carboxylic acids is 2. The molecule has 120 valence electrons. The summed E-state index contributed by atoms with van der Waals surface area (Å²) in [6.07, 6.45) is 5.76. The minimum Gasteiger partial charge on any atom is -0.336 e. The van der Waals surface area contributed by atoms with Crippen molar-refractivity contribution in [3.05, 3.63) is 30.3 Å². The number of rotatable bonds is 5. The van der Waals surface area contributed by atoms with E-state index in [-0.39, 0.29) is 12.1 Å². The van der Waals surface area contributed by atoms with E-state index in [1.54, 1.807) is 0 Å². The summed E-state index contributed by atoms with van der Waals surface area (Å²) in [4.78, 5) is 23.3. The quantitative estimate of drug-likeness (QED) is 0.630.